The number of hydrogen-bond donors (Lipinski definition) is 1. The number of hydrogen-bond acceptors (Lipinski definition) is 5. The van der Waals surface area contributed by atoms with Crippen LogP contribution in [0.2, 0.25) is 0 Å². The Morgan fingerprint density at radius 1 is 1.30 bits per heavy atom. The molecule has 1 saturated carbocycles. The summed E-state index contributed by atoms with van der Waals surface area (Å²) in [6.45, 7) is 5.68. The lowest BCUT2D eigenvalue weighted by molar-refractivity contribution is -0.122. The molecule has 7 nitrogen and oxygen atoms in total. The summed E-state index contributed by atoms with van der Waals surface area (Å²) in [5.41, 5.74) is 2.42. The van der Waals surface area contributed by atoms with Crippen LogP contribution in [0, 0.1) is 20.8 Å². The molecule has 0 radical (unpaired) electrons. The summed E-state index contributed by atoms with van der Waals surface area (Å²) in [5, 5.41) is 11.6. The van der Waals surface area contributed by atoms with Crippen LogP contribution in [0.25, 0.3) is 0 Å². The second kappa shape index (κ2) is 5.79. The van der Waals surface area contributed by atoms with Crippen molar-refractivity contribution in [3.63, 3.8) is 0 Å². The van der Waals surface area contributed by atoms with Crippen molar-refractivity contribution in [1.82, 2.24) is 25.2 Å². The van der Waals surface area contributed by atoms with Gasteiger partial charge in [0.15, 0.2) is 5.82 Å². The Labute approximate surface area is 135 Å². The molecular weight excluding hydrogens is 294 g/mol. The molecule has 3 rings (SSSR count). The van der Waals surface area contributed by atoms with E-state index in [4.69, 9.17) is 4.52 Å². The third-order valence-corrected chi connectivity index (χ3v) is 4.79. The van der Waals surface area contributed by atoms with Crippen molar-refractivity contribution in [3.05, 3.63) is 28.7 Å². The van der Waals surface area contributed by atoms with Crippen LogP contribution in [-0.4, -0.2) is 25.8 Å². The predicted octanol–water partition coefficient (Wildman–Crippen LogP) is 1.86. The zero-order valence-electron chi connectivity index (χ0n) is 14.1. The number of nitrogens with zero attached hydrogens (tertiary/aromatic N) is 4. The number of nitrogens with one attached hydrogen (secondary N) is 1. The fourth-order valence-corrected chi connectivity index (χ4v) is 3.42. The quantitative estimate of drug-likeness (QED) is 0.930. The topological polar surface area (TPSA) is 85.8 Å². The summed E-state index contributed by atoms with van der Waals surface area (Å²) < 4.78 is 6.93. The van der Waals surface area contributed by atoms with Crippen molar-refractivity contribution in [2.75, 3.05) is 0 Å². The zero-order valence-corrected chi connectivity index (χ0v) is 14.1. The first kappa shape index (κ1) is 15.7. The molecule has 2 aromatic rings. The molecule has 1 aliphatic rings. The second-order valence-electron chi connectivity index (χ2n) is 6.42. The van der Waals surface area contributed by atoms with Crippen LogP contribution in [-0.2, 0) is 23.8 Å². The summed E-state index contributed by atoms with van der Waals surface area (Å²) in [7, 11) is 1.89. The molecule has 0 atom stereocenters. The summed E-state index contributed by atoms with van der Waals surface area (Å²) in [6, 6.07) is 0. The third-order valence-electron chi connectivity index (χ3n) is 4.79. The lowest BCUT2D eigenvalue weighted by Crippen LogP contribution is -2.45. The minimum absolute atomic E-state index is 0.0199. The Morgan fingerprint density at radius 2 is 2.00 bits per heavy atom. The Morgan fingerprint density at radius 3 is 2.52 bits per heavy atom. The van der Waals surface area contributed by atoms with Gasteiger partial charge in [0.25, 0.3) is 0 Å². The van der Waals surface area contributed by atoms with Crippen LogP contribution in [0.4, 0.5) is 0 Å². The van der Waals surface area contributed by atoms with E-state index in [9.17, 15) is 4.79 Å². The van der Waals surface area contributed by atoms with Crippen molar-refractivity contribution in [2.45, 2.75) is 58.4 Å². The molecule has 7 heteroatoms. The molecule has 2 aromatic heterocycles. The van der Waals surface area contributed by atoms with E-state index in [-0.39, 0.29) is 5.91 Å². The normalized spacial score (nSPS) is 16.7. The SMILES string of the molecule is Cc1nc(C2(NC(=O)Cc3c(C)nn(C)c3C)CCCC2)no1. The first-order chi connectivity index (χ1) is 10.9. The molecule has 124 valence electrons. The molecule has 0 bridgehead atoms. The van der Waals surface area contributed by atoms with Gasteiger partial charge in [0.1, 0.15) is 5.54 Å². The molecule has 1 fully saturated rings. The van der Waals surface area contributed by atoms with Gasteiger partial charge in [-0.15, -0.1) is 0 Å². The Bertz CT molecular complexity index is 725. The average Bonchev–Trinajstić information content (AvgIpc) is 3.18. The van der Waals surface area contributed by atoms with Crippen molar-refractivity contribution in [3.8, 4) is 0 Å². The number of aryl methyl sites for hydroxylation is 3. The van der Waals surface area contributed by atoms with E-state index in [0.29, 0.717) is 18.1 Å². The third kappa shape index (κ3) is 2.87. The van der Waals surface area contributed by atoms with Gasteiger partial charge in [-0.25, -0.2) is 0 Å². The standard InChI is InChI=1S/C16H23N5O2/c1-10-13(11(2)21(4)19-10)9-14(22)18-16(7-5-6-8-16)15-17-12(3)23-20-15/h5-9H2,1-4H3,(H,18,22). The highest BCUT2D eigenvalue weighted by Crippen LogP contribution is 2.37. The van der Waals surface area contributed by atoms with Crippen LogP contribution in [0.3, 0.4) is 0 Å². The average molecular weight is 317 g/mol. The maximum Gasteiger partial charge on any atom is 0.225 e. The predicted molar refractivity (Wildman–Crippen MR) is 83.7 cm³/mol. The molecule has 23 heavy (non-hydrogen) atoms. The van der Waals surface area contributed by atoms with E-state index >= 15 is 0 Å². The number of aromatic nitrogens is 4. The summed E-state index contributed by atoms with van der Waals surface area (Å²) in [6.07, 6.45) is 4.13. The van der Waals surface area contributed by atoms with Crippen LogP contribution in [0.5, 0.6) is 0 Å². The van der Waals surface area contributed by atoms with Crippen LogP contribution in [0.1, 0.15) is 54.3 Å². The van der Waals surface area contributed by atoms with Crippen molar-refractivity contribution in [1.29, 1.82) is 0 Å². The van der Waals surface area contributed by atoms with Crippen LogP contribution >= 0.6 is 0 Å². The zero-order chi connectivity index (χ0) is 16.6. The van der Waals surface area contributed by atoms with E-state index in [2.05, 4.69) is 20.6 Å². The van der Waals surface area contributed by atoms with Gasteiger partial charge in [0.05, 0.1) is 12.1 Å². The number of carbonyl (C=O) groups is 1. The molecular formula is C16H23N5O2. The van der Waals surface area contributed by atoms with E-state index in [0.717, 1.165) is 42.6 Å². The first-order valence-electron chi connectivity index (χ1n) is 8.02. The maximum absolute atomic E-state index is 12.6. The van der Waals surface area contributed by atoms with Crippen LogP contribution in [0.15, 0.2) is 4.52 Å². The van der Waals surface area contributed by atoms with Crippen molar-refractivity contribution >= 4 is 5.91 Å². The highest BCUT2D eigenvalue weighted by molar-refractivity contribution is 5.80. The van der Waals surface area contributed by atoms with Gasteiger partial charge < -0.3 is 9.84 Å². The molecule has 0 unspecified atom stereocenters. The number of carbonyl (C=O) groups excluding carboxylic acids is 1. The van der Waals surface area contributed by atoms with E-state index in [1.807, 2.05) is 25.6 Å². The highest BCUT2D eigenvalue weighted by Gasteiger charge is 2.41. The van der Waals surface area contributed by atoms with Gasteiger partial charge >= 0.3 is 0 Å². The molecule has 1 N–H and O–H groups in total. The lowest BCUT2D eigenvalue weighted by atomic mass is 9.95. The molecule has 2 heterocycles. The van der Waals surface area contributed by atoms with Gasteiger partial charge in [0, 0.05) is 25.2 Å². The van der Waals surface area contributed by atoms with Gasteiger partial charge in [-0.05, 0) is 26.7 Å². The van der Waals surface area contributed by atoms with Crippen molar-refractivity contribution in [2.24, 2.45) is 7.05 Å². The molecule has 1 aliphatic carbocycles. The summed E-state index contributed by atoms with van der Waals surface area (Å²) >= 11 is 0. The lowest BCUT2D eigenvalue weighted by Gasteiger charge is -2.26. The minimum atomic E-state index is -0.487. The smallest absolute Gasteiger partial charge is 0.225 e. The second-order valence-corrected chi connectivity index (χ2v) is 6.42. The molecule has 0 aliphatic heterocycles. The molecule has 0 spiro atoms. The first-order valence-corrected chi connectivity index (χ1v) is 8.02. The van der Waals surface area contributed by atoms with Gasteiger partial charge in [-0.3, -0.25) is 9.48 Å². The molecule has 0 saturated heterocycles. The largest absolute Gasteiger partial charge is 0.343 e. The highest BCUT2D eigenvalue weighted by atomic mass is 16.5. The van der Waals surface area contributed by atoms with Crippen molar-refractivity contribution < 1.29 is 9.32 Å². The van der Waals surface area contributed by atoms with Gasteiger partial charge in [-0.2, -0.15) is 10.1 Å². The fraction of sp³-hybridized carbons (Fsp3) is 0.625. The number of amides is 1. The minimum Gasteiger partial charge on any atom is -0.343 e. The Kier molecular flexibility index (Phi) is 3.95. The van der Waals surface area contributed by atoms with Gasteiger partial charge in [0.2, 0.25) is 11.8 Å². The van der Waals surface area contributed by atoms with E-state index in [1.54, 1.807) is 6.92 Å². The Balaban J connectivity index is 1.80. The molecule has 0 aromatic carbocycles. The summed E-state index contributed by atoms with van der Waals surface area (Å²) in [5.74, 6) is 1.11. The monoisotopic (exact) mass is 317 g/mol. The Hall–Kier alpha value is -2.18. The molecule has 1 amide bonds. The fourth-order valence-electron chi connectivity index (χ4n) is 3.42. The summed E-state index contributed by atoms with van der Waals surface area (Å²) in [4.78, 5) is 17.0. The van der Waals surface area contributed by atoms with Gasteiger partial charge in [-0.1, -0.05) is 18.0 Å². The maximum atomic E-state index is 12.6. The number of rotatable bonds is 4. The van der Waals surface area contributed by atoms with E-state index in [1.165, 1.54) is 0 Å². The van der Waals surface area contributed by atoms with E-state index < -0.39 is 5.54 Å². The van der Waals surface area contributed by atoms with Crippen LogP contribution < -0.4 is 5.32 Å².